The van der Waals surface area contributed by atoms with E-state index in [4.69, 9.17) is 0 Å². The highest BCUT2D eigenvalue weighted by molar-refractivity contribution is 4.81. The molecule has 0 saturated heterocycles. The van der Waals surface area contributed by atoms with Crippen LogP contribution in [0, 0.1) is 11.8 Å². The fourth-order valence-electron chi connectivity index (χ4n) is 1.16. The summed E-state index contributed by atoms with van der Waals surface area (Å²) in [6.45, 7) is 4.32. The molecule has 1 rings (SSSR count). The van der Waals surface area contributed by atoms with Gasteiger partial charge in [-0.1, -0.05) is 13.8 Å². The van der Waals surface area contributed by atoms with Crippen LogP contribution in [0.4, 0.5) is 0 Å². The number of rotatable bonds is 3. The van der Waals surface area contributed by atoms with Crippen LogP contribution in [0.1, 0.15) is 33.1 Å². The van der Waals surface area contributed by atoms with Gasteiger partial charge in [-0.2, -0.15) is 0 Å². The molecule has 1 heteroatoms. The summed E-state index contributed by atoms with van der Waals surface area (Å²) < 4.78 is 0. The van der Waals surface area contributed by atoms with Crippen LogP contribution in [0.15, 0.2) is 0 Å². The summed E-state index contributed by atoms with van der Waals surface area (Å²) >= 11 is 0. The van der Waals surface area contributed by atoms with Crippen LogP contribution in [0.25, 0.3) is 0 Å². The van der Waals surface area contributed by atoms with Crippen molar-refractivity contribution in [3.05, 3.63) is 0 Å². The first-order chi connectivity index (χ1) is 4.20. The van der Waals surface area contributed by atoms with Crippen molar-refractivity contribution in [2.24, 2.45) is 11.8 Å². The predicted octanol–water partition coefficient (Wildman–Crippen LogP) is 1.80. The average molecular weight is 128 g/mol. The van der Waals surface area contributed by atoms with Crippen molar-refractivity contribution in [2.75, 3.05) is 0 Å². The number of hydrogen-bond acceptors (Lipinski definition) is 1. The van der Waals surface area contributed by atoms with Gasteiger partial charge in [0.05, 0.1) is 6.10 Å². The van der Waals surface area contributed by atoms with E-state index in [0.717, 1.165) is 6.42 Å². The molecule has 0 spiro atoms. The Labute approximate surface area is 57.1 Å². The lowest BCUT2D eigenvalue weighted by Crippen LogP contribution is -2.11. The van der Waals surface area contributed by atoms with Gasteiger partial charge in [-0.3, -0.25) is 0 Å². The minimum absolute atomic E-state index is 0.00463. The lowest BCUT2D eigenvalue weighted by Gasteiger charge is -2.10. The largest absolute Gasteiger partial charge is 0.393 e. The Hall–Kier alpha value is -0.0400. The molecule has 0 aromatic carbocycles. The molecule has 1 saturated carbocycles. The minimum atomic E-state index is 0.00463. The molecule has 1 aliphatic carbocycles. The van der Waals surface area contributed by atoms with Crippen LogP contribution in [0.2, 0.25) is 0 Å². The standard InChI is InChI=1S/C8H16O/c1-6(2)5-8(9)7-3-4-7/h6-9H,3-5H2,1-2H3. The number of aliphatic hydroxyl groups is 1. The monoisotopic (exact) mass is 128 g/mol. The molecule has 1 atom stereocenters. The molecule has 0 bridgehead atoms. The van der Waals surface area contributed by atoms with Gasteiger partial charge in [0.1, 0.15) is 0 Å². The third-order valence-electron chi connectivity index (χ3n) is 1.88. The predicted molar refractivity (Wildman–Crippen MR) is 38.2 cm³/mol. The Balaban J connectivity index is 2.10. The summed E-state index contributed by atoms with van der Waals surface area (Å²) in [7, 11) is 0. The van der Waals surface area contributed by atoms with E-state index < -0.39 is 0 Å². The van der Waals surface area contributed by atoms with Gasteiger partial charge < -0.3 is 5.11 Å². The molecular weight excluding hydrogens is 112 g/mol. The van der Waals surface area contributed by atoms with E-state index in [1.807, 2.05) is 0 Å². The fourth-order valence-corrected chi connectivity index (χ4v) is 1.16. The first kappa shape index (κ1) is 7.07. The molecule has 0 amide bonds. The van der Waals surface area contributed by atoms with Gasteiger partial charge >= 0.3 is 0 Å². The Morgan fingerprint density at radius 3 is 2.33 bits per heavy atom. The first-order valence-corrected chi connectivity index (χ1v) is 3.88. The average Bonchev–Trinajstić information content (AvgIpc) is 2.40. The molecule has 1 N–H and O–H groups in total. The van der Waals surface area contributed by atoms with Gasteiger partial charge in [0.15, 0.2) is 0 Å². The number of hydrogen-bond donors (Lipinski definition) is 1. The molecule has 0 aromatic rings. The molecule has 1 aliphatic rings. The van der Waals surface area contributed by atoms with Gasteiger partial charge in [-0.15, -0.1) is 0 Å². The van der Waals surface area contributed by atoms with Gasteiger partial charge in [0.2, 0.25) is 0 Å². The maximum atomic E-state index is 9.36. The molecule has 0 heterocycles. The molecule has 54 valence electrons. The summed E-state index contributed by atoms with van der Waals surface area (Å²) in [5, 5.41) is 9.36. The van der Waals surface area contributed by atoms with Crippen LogP contribution in [-0.4, -0.2) is 11.2 Å². The lowest BCUT2D eigenvalue weighted by atomic mass is 10.0. The van der Waals surface area contributed by atoms with E-state index in [9.17, 15) is 5.11 Å². The van der Waals surface area contributed by atoms with E-state index in [-0.39, 0.29) is 6.10 Å². The minimum Gasteiger partial charge on any atom is -0.393 e. The van der Waals surface area contributed by atoms with Crippen molar-refractivity contribution in [1.82, 2.24) is 0 Å². The maximum absolute atomic E-state index is 9.36. The normalized spacial score (nSPS) is 22.7. The molecule has 1 fully saturated rings. The quantitative estimate of drug-likeness (QED) is 0.614. The van der Waals surface area contributed by atoms with Gasteiger partial charge in [0.25, 0.3) is 0 Å². The zero-order chi connectivity index (χ0) is 6.85. The number of aliphatic hydroxyl groups excluding tert-OH is 1. The topological polar surface area (TPSA) is 20.2 Å². The fraction of sp³-hybridized carbons (Fsp3) is 1.00. The molecule has 0 aromatic heterocycles. The highest BCUT2D eigenvalue weighted by atomic mass is 16.3. The van der Waals surface area contributed by atoms with E-state index in [1.54, 1.807) is 0 Å². The van der Waals surface area contributed by atoms with Crippen LogP contribution in [-0.2, 0) is 0 Å². The summed E-state index contributed by atoms with van der Waals surface area (Å²) in [4.78, 5) is 0. The second-order valence-electron chi connectivity index (χ2n) is 3.53. The van der Waals surface area contributed by atoms with E-state index >= 15 is 0 Å². The first-order valence-electron chi connectivity index (χ1n) is 3.88. The van der Waals surface area contributed by atoms with Crippen molar-refractivity contribution in [2.45, 2.75) is 39.2 Å². The van der Waals surface area contributed by atoms with E-state index in [0.29, 0.717) is 11.8 Å². The van der Waals surface area contributed by atoms with Crippen molar-refractivity contribution in [3.8, 4) is 0 Å². The van der Waals surface area contributed by atoms with E-state index in [1.165, 1.54) is 12.8 Å². The summed E-state index contributed by atoms with van der Waals surface area (Å²) in [6, 6.07) is 0. The van der Waals surface area contributed by atoms with Crippen molar-refractivity contribution in [1.29, 1.82) is 0 Å². The van der Waals surface area contributed by atoms with Crippen LogP contribution in [0.3, 0.4) is 0 Å². The Kier molecular flexibility index (Phi) is 2.12. The van der Waals surface area contributed by atoms with Crippen LogP contribution in [0.5, 0.6) is 0 Å². The van der Waals surface area contributed by atoms with Crippen molar-refractivity contribution < 1.29 is 5.11 Å². The molecule has 9 heavy (non-hydrogen) atoms. The molecule has 1 unspecified atom stereocenters. The third-order valence-corrected chi connectivity index (χ3v) is 1.88. The Morgan fingerprint density at radius 1 is 1.44 bits per heavy atom. The second kappa shape index (κ2) is 2.70. The zero-order valence-electron chi connectivity index (χ0n) is 6.30. The lowest BCUT2D eigenvalue weighted by molar-refractivity contribution is 0.127. The Bertz CT molecular complexity index is 84.6. The summed E-state index contributed by atoms with van der Waals surface area (Å²) in [5.41, 5.74) is 0. The summed E-state index contributed by atoms with van der Waals surface area (Å²) in [5.74, 6) is 1.31. The SMILES string of the molecule is CC(C)CC(O)C1CC1. The Morgan fingerprint density at radius 2 is 2.00 bits per heavy atom. The zero-order valence-corrected chi connectivity index (χ0v) is 6.30. The summed E-state index contributed by atoms with van der Waals surface area (Å²) in [6.07, 6.45) is 3.51. The highest BCUT2D eigenvalue weighted by Crippen LogP contribution is 2.34. The van der Waals surface area contributed by atoms with Crippen molar-refractivity contribution >= 4 is 0 Å². The van der Waals surface area contributed by atoms with Gasteiger partial charge in [-0.05, 0) is 31.1 Å². The van der Waals surface area contributed by atoms with Gasteiger partial charge in [-0.25, -0.2) is 0 Å². The molecular formula is C8H16O. The smallest absolute Gasteiger partial charge is 0.0570 e. The van der Waals surface area contributed by atoms with Crippen LogP contribution < -0.4 is 0 Å². The van der Waals surface area contributed by atoms with Crippen molar-refractivity contribution in [3.63, 3.8) is 0 Å². The molecule has 1 nitrogen and oxygen atoms in total. The van der Waals surface area contributed by atoms with Crippen LogP contribution >= 0.6 is 0 Å². The molecule has 0 aliphatic heterocycles. The van der Waals surface area contributed by atoms with Gasteiger partial charge in [0, 0.05) is 0 Å². The van der Waals surface area contributed by atoms with E-state index in [2.05, 4.69) is 13.8 Å². The second-order valence-corrected chi connectivity index (χ2v) is 3.53. The maximum Gasteiger partial charge on any atom is 0.0570 e. The molecule has 0 radical (unpaired) electrons. The highest BCUT2D eigenvalue weighted by Gasteiger charge is 2.29. The third kappa shape index (κ3) is 2.35.